The van der Waals surface area contributed by atoms with Gasteiger partial charge in [-0.15, -0.1) is 24.0 Å². The van der Waals surface area contributed by atoms with Crippen LogP contribution in [0.5, 0.6) is 0 Å². The predicted octanol–water partition coefficient (Wildman–Crippen LogP) is 2.96. The molecule has 1 aromatic carbocycles. The molecule has 6 nitrogen and oxygen atoms in total. The zero-order chi connectivity index (χ0) is 19.6. The minimum Gasteiger partial charge on any atom is -0.357 e. The Morgan fingerprint density at radius 2 is 2.07 bits per heavy atom. The Labute approximate surface area is 191 Å². The van der Waals surface area contributed by atoms with E-state index < -0.39 is 0 Å². The summed E-state index contributed by atoms with van der Waals surface area (Å²) >= 11 is 6.20. The van der Waals surface area contributed by atoms with Crippen LogP contribution in [0.15, 0.2) is 29.3 Å². The molecule has 1 heterocycles. The van der Waals surface area contributed by atoms with Crippen molar-refractivity contribution in [2.24, 2.45) is 4.99 Å². The number of carbonyl (C=O) groups is 1. The number of benzene rings is 1. The van der Waals surface area contributed by atoms with Gasteiger partial charge in [-0.25, -0.2) is 4.99 Å². The highest BCUT2D eigenvalue weighted by atomic mass is 127. The Bertz CT molecular complexity index is 641. The quantitative estimate of drug-likeness (QED) is 0.239. The molecule has 1 aromatic rings. The lowest BCUT2D eigenvalue weighted by molar-refractivity contribution is -0.133. The van der Waals surface area contributed by atoms with Crippen LogP contribution in [0.4, 0.5) is 0 Å². The first-order valence-electron chi connectivity index (χ1n) is 9.73. The van der Waals surface area contributed by atoms with Crippen molar-refractivity contribution in [3.8, 4) is 0 Å². The molecule has 0 radical (unpaired) electrons. The lowest BCUT2D eigenvalue weighted by atomic mass is 10.2. The largest absolute Gasteiger partial charge is 0.357 e. The summed E-state index contributed by atoms with van der Waals surface area (Å²) in [5.74, 6) is 1.01. The third-order valence-corrected chi connectivity index (χ3v) is 5.08. The molecule has 0 saturated carbocycles. The van der Waals surface area contributed by atoms with E-state index >= 15 is 0 Å². The number of hydrogen-bond acceptors (Lipinski definition) is 3. The smallest absolute Gasteiger partial charge is 0.239 e. The molecular formula is C20H33ClIN5O. The number of guanidine groups is 1. The van der Waals surface area contributed by atoms with Crippen molar-refractivity contribution < 1.29 is 4.79 Å². The fourth-order valence-corrected chi connectivity index (χ4v) is 3.49. The Kier molecular flexibility index (Phi) is 11.8. The van der Waals surface area contributed by atoms with E-state index in [9.17, 15) is 4.79 Å². The SMILES string of the molecule is CCNC(=NCc1ccccc1Cl)NCCCN1CCCC1C(=O)N(C)C.I. The highest BCUT2D eigenvalue weighted by Crippen LogP contribution is 2.18. The second-order valence-electron chi connectivity index (χ2n) is 6.99. The Morgan fingerprint density at radius 3 is 2.75 bits per heavy atom. The van der Waals surface area contributed by atoms with Gasteiger partial charge in [0.05, 0.1) is 12.6 Å². The van der Waals surface area contributed by atoms with Gasteiger partial charge in [0.25, 0.3) is 0 Å². The summed E-state index contributed by atoms with van der Waals surface area (Å²) in [6.45, 7) is 6.13. The lowest BCUT2D eigenvalue weighted by Gasteiger charge is -2.26. The number of nitrogens with one attached hydrogen (secondary N) is 2. The van der Waals surface area contributed by atoms with Crippen molar-refractivity contribution in [1.29, 1.82) is 0 Å². The van der Waals surface area contributed by atoms with Crippen molar-refractivity contribution in [3.63, 3.8) is 0 Å². The molecule has 0 spiro atoms. The Hall–Kier alpha value is -1.06. The van der Waals surface area contributed by atoms with Gasteiger partial charge < -0.3 is 15.5 Å². The van der Waals surface area contributed by atoms with E-state index in [0.29, 0.717) is 6.54 Å². The Morgan fingerprint density at radius 1 is 1.32 bits per heavy atom. The van der Waals surface area contributed by atoms with E-state index in [1.807, 2.05) is 45.3 Å². The molecule has 0 aliphatic carbocycles. The molecule has 8 heteroatoms. The molecule has 2 N–H and O–H groups in total. The highest BCUT2D eigenvalue weighted by Gasteiger charge is 2.30. The zero-order valence-electron chi connectivity index (χ0n) is 17.1. The second kappa shape index (κ2) is 13.2. The molecule has 158 valence electrons. The predicted molar refractivity (Wildman–Crippen MR) is 128 cm³/mol. The minimum absolute atomic E-state index is 0. The molecule has 1 aliphatic rings. The number of nitrogens with zero attached hydrogens (tertiary/aromatic N) is 3. The van der Waals surface area contributed by atoms with Crippen LogP contribution in [-0.4, -0.2) is 68.0 Å². The number of likely N-dealkylation sites (N-methyl/N-ethyl adjacent to an activating group) is 1. The van der Waals surface area contributed by atoms with Gasteiger partial charge in [-0.1, -0.05) is 29.8 Å². The van der Waals surface area contributed by atoms with Gasteiger partial charge in [0.15, 0.2) is 5.96 Å². The van der Waals surface area contributed by atoms with Crippen molar-refractivity contribution in [2.45, 2.75) is 38.8 Å². The van der Waals surface area contributed by atoms with Gasteiger partial charge in [0, 0.05) is 38.8 Å². The number of hydrogen-bond donors (Lipinski definition) is 2. The van der Waals surface area contributed by atoms with Crippen LogP contribution in [0.1, 0.15) is 31.7 Å². The number of halogens is 2. The molecule has 2 rings (SSSR count). The summed E-state index contributed by atoms with van der Waals surface area (Å²) in [4.78, 5) is 20.9. The van der Waals surface area contributed by atoms with Crippen molar-refractivity contribution in [2.75, 3.05) is 40.3 Å². The molecule has 28 heavy (non-hydrogen) atoms. The highest BCUT2D eigenvalue weighted by molar-refractivity contribution is 14.0. The maximum atomic E-state index is 12.3. The summed E-state index contributed by atoms with van der Waals surface area (Å²) in [5.41, 5.74) is 1.01. The normalized spacial score (nSPS) is 17.1. The average Bonchev–Trinajstić information content (AvgIpc) is 3.11. The molecule has 1 atom stereocenters. The third kappa shape index (κ3) is 7.75. The van der Waals surface area contributed by atoms with Gasteiger partial charge in [-0.3, -0.25) is 9.69 Å². The molecule has 1 unspecified atom stereocenters. The number of aliphatic imine (C=N–C) groups is 1. The van der Waals surface area contributed by atoms with Crippen LogP contribution >= 0.6 is 35.6 Å². The van der Waals surface area contributed by atoms with Gasteiger partial charge >= 0.3 is 0 Å². The second-order valence-corrected chi connectivity index (χ2v) is 7.40. The molecule has 1 aliphatic heterocycles. The van der Waals surface area contributed by atoms with Crippen molar-refractivity contribution in [1.82, 2.24) is 20.4 Å². The first-order valence-corrected chi connectivity index (χ1v) is 10.1. The van der Waals surface area contributed by atoms with E-state index in [-0.39, 0.29) is 35.9 Å². The van der Waals surface area contributed by atoms with E-state index in [1.165, 1.54) is 0 Å². The van der Waals surface area contributed by atoms with Crippen molar-refractivity contribution >= 4 is 47.4 Å². The molecular weight excluding hydrogens is 489 g/mol. The monoisotopic (exact) mass is 521 g/mol. The summed E-state index contributed by atoms with van der Waals surface area (Å²) in [7, 11) is 3.66. The fourth-order valence-electron chi connectivity index (χ4n) is 3.29. The van der Waals surface area contributed by atoms with Crippen LogP contribution < -0.4 is 10.6 Å². The maximum Gasteiger partial charge on any atom is 0.239 e. The van der Waals surface area contributed by atoms with E-state index in [0.717, 1.165) is 62.0 Å². The van der Waals surface area contributed by atoms with Crippen molar-refractivity contribution in [3.05, 3.63) is 34.9 Å². The number of likely N-dealkylation sites (tertiary alicyclic amines) is 1. The van der Waals surface area contributed by atoms with Crippen LogP contribution in [0.25, 0.3) is 0 Å². The molecule has 1 amide bonds. The summed E-state index contributed by atoms with van der Waals surface area (Å²) in [6.07, 6.45) is 3.03. The van der Waals surface area contributed by atoms with Gasteiger partial charge in [-0.05, 0) is 44.4 Å². The van der Waals surface area contributed by atoms with E-state index in [1.54, 1.807) is 4.90 Å². The molecule has 1 fully saturated rings. The standard InChI is InChI=1S/C20H32ClN5O.HI/c1-4-22-20(24-15-16-9-5-6-10-17(16)21)23-12-8-14-26-13-7-11-18(26)19(27)25(2)3;/h5-6,9-10,18H,4,7-8,11-15H2,1-3H3,(H2,22,23,24);1H. The van der Waals surface area contributed by atoms with Crippen LogP contribution in [0.3, 0.4) is 0 Å². The minimum atomic E-state index is 0. The molecule has 1 saturated heterocycles. The lowest BCUT2D eigenvalue weighted by Crippen LogP contribution is -2.44. The van der Waals surface area contributed by atoms with E-state index in [2.05, 4.69) is 20.5 Å². The van der Waals surface area contributed by atoms with Gasteiger partial charge in [-0.2, -0.15) is 0 Å². The summed E-state index contributed by atoms with van der Waals surface area (Å²) in [5, 5.41) is 7.38. The molecule has 0 bridgehead atoms. The number of carbonyl (C=O) groups excluding carboxylic acids is 1. The van der Waals surface area contributed by atoms with Gasteiger partial charge in [0.1, 0.15) is 0 Å². The first-order chi connectivity index (χ1) is 13.0. The number of amides is 1. The summed E-state index contributed by atoms with van der Waals surface area (Å²) in [6, 6.07) is 7.81. The summed E-state index contributed by atoms with van der Waals surface area (Å²) < 4.78 is 0. The van der Waals surface area contributed by atoms with E-state index in [4.69, 9.17) is 11.6 Å². The third-order valence-electron chi connectivity index (χ3n) is 4.71. The van der Waals surface area contributed by atoms with Gasteiger partial charge in [0.2, 0.25) is 5.91 Å². The maximum absolute atomic E-state index is 12.3. The topological polar surface area (TPSA) is 60.0 Å². The zero-order valence-corrected chi connectivity index (χ0v) is 20.2. The average molecular weight is 522 g/mol. The fraction of sp³-hybridized carbons (Fsp3) is 0.600. The van der Waals surface area contributed by atoms with Crippen LogP contribution in [-0.2, 0) is 11.3 Å². The molecule has 0 aromatic heterocycles. The van der Waals surface area contributed by atoms with Crippen LogP contribution in [0, 0.1) is 0 Å². The van der Waals surface area contributed by atoms with Crippen LogP contribution in [0.2, 0.25) is 5.02 Å². The Balaban J connectivity index is 0.00000392. The number of rotatable bonds is 8. The first kappa shape index (κ1) is 25.0.